The van der Waals surface area contributed by atoms with Gasteiger partial charge in [0, 0.05) is 12.1 Å². The topological polar surface area (TPSA) is 76.5 Å². The van der Waals surface area contributed by atoms with Crippen LogP contribution >= 0.6 is 0 Å². The van der Waals surface area contributed by atoms with E-state index in [0.717, 1.165) is 5.56 Å². The van der Waals surface area contributed by atoms with Gasteiger partial charge in [-0.05, 0) is 57.5 Å². The quantitative estimate of drug-likeness (QED) is 0.394. The summed E-state index contributed by atoms with van der Waals surface area (Å²) in [4.78, 5) is 34.0. The average molecular weight is 485 g/mol. The molecule has 4 rings (SSSR count). The Bertz CT molecular complexity index is 1420. The second-order valence-corrected chi connectivity index (χ2v) is 9.77. The summed E-state index contributed by atoms with van der Waals surface area (Å²) in [5.41, 5.74) is 1.46. The van der Waals surface area contributed by atoms with Gasteiger partial charge in [0.2, 0.25) is 0 Å². The fourth-order valence-corrected chi connectivity index (χ4v) is 4.17. The summed E-state index contributed by atoms with van der Waals surface area (Å²) in [6.07, 6.45) is 0. The van der Waals surface area contributed by atoms with Crippen molar-refractivity contribution in [3.05, 3.63) is 101 Å². The van der Waals surface area contributed by atoms with Crippen molar-refractivity contribution in [3.63, 3.8) is 0 Å². The highest BCUT2D eigenvalue weighted by atomic mass is 16.5. The number of benzene rings is 3. The number of ether oxygens (including phenoxy) is 1. The van der Waals surface area contributed by atoms with Crippen molar-refractivity contribution in [2.24, 2.45) is 0 Å². The first-order valence-corrected chi connectivity index (χ1v) is 12.0. The molecule has 7 heteroatoms. The Morgan fingerprint density at radius 3 is 2.33 bits per heavy atom. The molecule has 36 heavy (non-hydrogen) atoms. The average Bonchev–Trinajstić information content (AvgIpc) is 2.86. The first-order chi connectivity index (χ1) is 17.2. The zero-order valence-corrected chi connectivity index (χ0v) is 21.4. The van der Waals surface area contributed by atoms with Crippen LogP contribution in [-0.4, -0.2) is 33.1 Å². The van der Waals surface area contributed by atoms with E-state index in [9.17, 15) is 9.59 Å². The Kier molecular flexibility index (Phi) is 7.10. The number of nitrogens with zero attached hydrogens (tertiary/aromatic N) is 3. The van der Waals surface area contributed by atoms with E-state index in [4.69, 9.17) is 9.72 Å². The number of hydrogen-bond donors (Lipinski definition) is 1. The Hall–Kier alpha value is -4.13. The van der Waals surface area contributed by atoms with Crippen LogP contribution in [0.1, 0.15) is 45.1 Å². The normalized spacial score (nSPS) is 12.2. The summed E-state index contributed by atoms with van der Waals surface area (Å²) in [6, 6.07) is 23.6. The zero-order valence-electron chi connectivity index (χ0n) is 21.4. The van der Waals surface area contributed by atoms with Gasteiger partial charge in [-0.1, -0.05) is 54.6 Å². The molecule has 1 aromatic heterocycles. The number of aromatic nitrogens is 2. The van der Waals surface area contributed by atoms with Crippen LogP contribution in [0, 0.1) is 0 Å². The number of fused-ring (bicyclic) bond motifs is 1. The first kappa shape index (κ1) is 25.0. The predicted octanol–water partition coefficient (Wildman–Crippen LogP) is 5.47. The number of urea groups is 1. The van der Waals surface area contributed by atoms with Gasteiger partial charge in [0.05, 0.1) is 29.7 Å². The van der Waals surface area contributed by atoms with Crippen molar-refractivity contribution in [2.75, 3.05) is 7.11 Å². The standard InChI is InChI=1S/C29H32N4O3/c1-20(32(28(35)31-29(2,3)4)19-21-13-7-6-8-14-21)26-30-23-16-10-9-15-22(23)27(34)33(26)24-17-11-12-18-25(24)36-5/h6-18,20H,19H2,1-5H3,(H,31,35). The molecule has 1 unspecified atom stereocenters. The predicted molar refractivity (Wildman–Crippen MR) is 143 cm³/mol. The van der Waals surface area contributed by atoms with Crippen LogP contribution in [0.3, 0.4) is 0 Å². The molecule has 186 valence electrons. The number of carbonyl (C=O) groups excluding carboxylic acids is 1. The van der Waals surface area contributed by atoms with E-state index in [-0.39, 0.29) is 11.6 Å². The third-order valence-electron chi connectivity index (χ3n) is 5.91. The Labute approximate surface area is 211 Å². The minimum Gasteiger partial charge on any atom is -0.495 e. The molecule has 7 nitrogen and oxygen atoms in total. The Balaban J connectivity index is 1.93. The molecule has 2 amide bonds. The van der Waals surface area contributed by atoms with Crippen molar-refractivity contribution in [2.45, 2.75) is 45.8 Å². The molecule has 0 saturated heterocycles. The zero-order chi connectivity index (χ0) is 25.9. The van der Waals surface area contributed by atoms with Crippen LogP contribution < -0.4 is 15.6 Å². The molecule has 0 aliphatic carbocycles. The number of nitrogens with one attached hydrogen (secondary N) is 1. The maximum Gasteiger partial charge on any atom is 0.318 e. The highest BCUT2D eigenvalue weighted by Gasteiger charge is 2.29. The van der Waals surface area contributed by atoms with Crippen molar-refractivity contribution in [3.8, 4) is 11.4 Å². The van der Waals surface area contributed by atoms with Gasteiger partial charge in [-0.25, -0.2) is 9.78 Å². The van der Waals surface area contributed by atoms with Crippen molar-refractivity contribution in [1.29, 1.82) is 0 Å². The molecule has 4 aromatic rings. The highest BCUT2D eigenvalue weighted by molar-refractivity contribution is 5.79. The van der Waals surface area contributed by atoms with E-state index in [0.29, 0.717) is 34.7 Å². The van der Waals surface area contributed by atoms with Crippen LogP contribution in [0.2, 0.25) is 0 Å². The summed E-state index contributed by atoms with van der Waals surface area (Å²) in [5.74, 6) is 0.988. The lowest BCUT2D eigenvalue weighted by Crippen LogP contribution is -2.49. The second-order valence-electron chi connectivity index (χ2n) is 9.77. The number of carbonyl (C=O) groups is 1. The smallest absolute Gasteiger partial charge is 0.318 e. The molecule has 1 heterocycles. The van der Waals surface area contributed by atoms with Crippen LogP contribution in [-0.2, 0) is 6.54 Å². The summed E-state index contributed by atoms with van der Waals surface area (Å²) >= 11 is 0. The fraction of sp³-hybridized carbons (Fsp3) is 0.276. The van der Waals surface area contributed by atoms with Gasteiger partial charge < -0.3 is 15.0 Å². The second kappa shape index (κ2) is 10.2. The lowest BCUT2D eigenvalue weighted by molar-refractivity contribution is 0.163. The lowest BCUT2D eigenvalue weighted by atomic mass is 10.1. The number of para-hydroxylation sites is 3. The number of amides is 2. The largest absolute Gasteiger partial charge is 0.495 e. The number of methoxy groups -OCH3 is 1. The third kappa shape index (κ3) is 5.25. The van der Waals surface area contributed by atoms with E-state index in [1.807, 2.05) is 94.4 Å². The SMILES string of the molecule is COc1ccccc1-n1c(C(C)N(Cc2ccccc2)C(=O)NC(C)(C)C)nc2ccccc2c1=O. The van der Waals surface area contributed by atoms with Crippen molar-refractivity contribution in [1.82, 2.24) is 19.8 Å². The Morgan fingerprint density at radius 1 is 1.00 bits per heavy atom. The summed E-state index contributed by atoms with van der Waals surface area (Å²) in [7, 11) is 1.57. The van der Waals surface area contributed by atoms with Crippen molar-refractivity contribution >= 4 is 16.9 Å². The molecule has 0 aliphatic heterocycles. The molecule has 0 aliphatic rings. The summed E-state index contributed by atoms with van der Waals surface area (Å²) in [5, 5.41) is 3.56. The lowest BCUT2D eigenvalue weighted by Gasteiger charge is -2.33. The molecular formula is C29H32N4O3. The van der Waals surface area contributed by atoms with E-state index < -0.39 is 11.6 Å². The van der Waals surface area contributed by atoms with Gasteiger partial charge in [0.25, 0.3) is 5.56 Å². The van der Waals surface area contributed by atoms with Gasteiger partial charge in [0.1, 0.15) is 11.6 Å². The molecule has 0 spiro atoms. The van der Waals surface area contributed by atoms with E-state index >= 15 is 0 Å². The van der Waals surface area contributed by atoms with Crippen molar-refractivity contribution < 1.29 is 9.53 Å². The maximum atomic E-state index is 13.9. The molecule has 0 bridgehead atoms. The van der Waals surface area contributed by atoms with Gasteiger partial charge in [-0.2, -0.15) is 0 Å². The van der Waals surface area contributed by atoms with Gasteiger partial charge in [0.15, 0.2) is 0 Å². The van der Waals surface area contributed by atoms with Gasteiger partial charge in [-0.15, -0.1) is 0 Å². The number of hydrogen-bond acceptors (Lipinski definition) is 4. The molecule has 1 N–H and O–H groups in total. The van der Waals surface area contributed by atoms with E-state index in [2.05, 4.69) is 5.32 Å². The van der Waals surface area contributed by atoms with Crippen LogP contribution in [0.25, 0.3) is 16.6 Å². The van der Waals surface area contributed by atoms with E-state index in [1.54, 1.807) is 28.7 Å². The Morgan fingerprint density at radius 2 is 1.64 bits per heavy atom. The van der Waals surface area contributed by atoms with Crippen LogP contribution in [0.15, 0.2) is 83.7 Å². The molecule has 0 radical (unpaired) electrons. The molecule has 0 saturated carbocycles. The van der Waals surface area contributed by atoms with Crippen LogP contribution in [0.4, 0.5) is 4.79 Å². The minimum absolute atomic E-state index is 0.220. The summed E-state index contributed by atoms with van der Waals surface area (Å²) in [6.45, 7) is 8.06. The number of rotatable bonds is 6. The first-order valence-electron chi connectivity index (χ1n) is 12.0. The summed E-state index contributed by atoms with van der Waals surface area (Å²) < 4.78 is 7.15. The van der Waals surface area contributed by atoms with Gasteiger partial charge in [-0.3, -0.25) is 9.36 Å². The molecule has 0 fully saturated rings. The van der Waals surface area contributed by atoms with Gasteiger partial charge >= 0.3 is 6.03 Å². The monoisotopic (exact) mass is 484 g/mol. The minimum atomic E-state index is -0.547. The fourth-order valence-electron chi connectivity index (χ4n) is 4.17. The third-order valence-corrected chi connectivity index (χ3v) is 5.91. The van der Waals surface area contributed by atoms with E-state index in [1.165, 1.54) is 0 Å². The molecular weight excluding hydrogens is 452 g/mol. The van der Waals surface area contributed by atoms with Crippen LogP contribution in [0.5, 0.6) is 5.75 Å². The maximum absolute atomic E-state index is 13.9. The molecule has 1 atom stereocenters. The highest BCUT2D eigenvalue weighted by Crippen LogP contribution is 2.28. The molecule has 3 aromatic carbocycles.